The molecular formula is C24H19F5N6O3S. The smallest absolute Gasteiger partial charge is 0.298 e. The van der Waals surface area contributed by atoms with Gasteiger partial charge in [-0.25, -0.2) is 32.2 Å². The molecule has 0 aromatic carbocycles. The summed E-state index contributed by atoms with van der Waals surface area (Å²) in [7, 11) is -4.45. The van der Waals surface area contributed by atoms with Crippen molar-refractivity contribution in [3.8, 4) is 17.3 Å². The normalized spacial score (nSPS) is 20.1. The number of hydrogen-bond acceptors (Lipinski definition) is 8. The van der Waals surface area contributed by atoms with Gasteiger partial charge in [-0.05, 0) is 37.1 Å². The van der Waals surface area contributed by atoms with Crippen molar-refractivity contribution in [1.29, 1.82) is 5.26 Å². The van der Waals surface area contributed by atoms with Crippen molar-refractivity contribution in [2.24, 2.45) is 0 Å². The van der Waals surface area contributed by atoms with E-state index in [-0.39, 0.29) is 29.7 Å². The van der Waals surface area contributed by atoms with Crippen LogP contribution < -0.4 is 0 Å². The number of aromatic nitrogens is 4. The van der Waals surface area contributed by atoms with Crippen molar-refractivity contribution in [2.75, 3.05) is 0 Å². The number of alkyl halides is 4. The molecule has 0 aliphatic carbocycles. The van der Waals surface area contributed by atoms with Crippen LogP contribution in [0.3, 0.4) is 0 Å². The zero-order valence-corrected chi connectivity index (χ0v) is 20.9. The van der Waals surface area contributed by atoms with E-state index in [9.17, 15) is 40.4 Å². The van der Waals surface area contributed by atoms with Gasteiger partial charge in [0.15, 0.2) is 10.8 Å². The molecule has 0 spiro atoms. The molecule has 3 atom stereocenters. The summed E-state index contributed by atoms with van der Waals surface area (Å²) in [6.45, 7) is 1.31. The highest BCUT2D eigenvalue weighted by molar-refractivity contribution is 7.89. The minimum atomic E-state index is -4.73. The number of sulfonamides is 1. The molecule has 1 fully saturated rings. The molecule has 4 rings (SSSR count). The van der Waals surface area contributed by atoms with Crippen LogP contribution in [-0.4, -0.2) is 56.7 Å². The molecule has 0 amide bonds. The molecule has 0 N–H and O–H groups in total. The fraction of sp³-hybridized carbons (Fsp3) is 0.333. The predicted molar refractivity (Wildman–Crippen MR) is 124 cm³/mol. The number of carbonyl (C=O) groups excluding carboxylic acids is 1. The second kappa shape index (κ2) is 10.7. The highest BCUT2D eigenvalue weighted by Gasteiger charge is 2.49. The number of ketones is 1. The van der Waals surface area contributed by atoms with Crippen LogP contribution in [0.1, 0.15) is 36.7 Å². The molecule has 1 saturated heterocycles. The van der Waals surface area contributed by atoms with E-state index in [0.29, 0.717) is 11.8 Å². The summed E-state index contributed by atoms with van der Waals surface area (Å²) in [4.78, 5) is 27.3. The van der Waals surface area contributed by atoms with Gasteiger partial charge in [0, 0.05) is 37.0 Å². The van der Waals surface area contributed by atoms with Gasteiger partial charge in [0.1, 0.15) is 18.1 Å². The van der Waals surface area contributed by atoms with Gasteiger partial charge in [-0.2, -0.15) is 22.7 Å². The van der Waals surface area contributed by atoms with Gasteiger partial charge in [-0.1, -0.05) is 0 Å². The summed E-state index contributed by atoms with van der Waals surface area (Å²) in [6.07, 6.45) is -3.39. The third kappa shape index (κ3) is 5.76. The highest BCUT2D eigenvalue weighted by atomic mass is 32.2. The zero-order chi connectivity index (χ0) is 28.5. The Morgan fingerprint density at radius 2 is 1.82 bits per heavy atom. The lowest BCUT2D eigenvalue weighted by atomic mass is 9.99. The highest BCUT2D eigenvalue weighted by Crippen LogP contribution is 2.34. The Balaban J connectivity index is 1.56. The lowest BCUT2D eigenvalue weighted by molar-refractivity contribution is -0.145. The van der Waals surface area contributed by atoms with Gasteiger partial charge in [-0.3, -0.25) is 9.78 Å². The quantitative estimate of drug-likeness (QED) is 0.396. The Bertz CT molecular complexity index is 1530. The Labute approximate surface area is 219 Å². The lowest BCUT2D eigenvalue weighted by Crippen LogP contribution is -2.45. The topological polar surface area (TPSA) is 130 Å². The number of nitriles is 1. The fourth-order valence-corrected chi connectivity index (χ4v) is 5.98. The Kier molecular flexibility index (Phi) is 7.71. The minimum absolute atomic E-state index is 0.0662. The van der Waals surface area contributed by atoms with Gasteiger partial charge in [0.2, 0.25) is 5.82 Å². The molecule has 0 saturated carbocycles. The average molecular weight is 567 g/mol. The number of carbonyl (C=O) groups is 1. The minimum Gasteiger partial charge on any atom is -0.298 e. The first-order valence-corrected chi connectivity index (χ1v) is 12.9. The Hall–Kier alpha value is -3.90. The number of halogens is 5. The summed E-state index contributed by atoms with van der Waals surface area (Å²) in [5.74, 6) is -2.72. The van der Waals surface area contributed by atoms with Gasteiger partial charge >= 0.3 is 6.18 Å². The monoisotopic (exact) mass is 566 g/mol. The van der Waals surface area contributed by atoms with E-state index in [1.807, 2.05) is 6.07 Å². The molecule has 0 radical (unpaired) electrons. The van der Waals surface area contributed by atoms with Gasteiger partial charge in [-0.15, -0.1) is 0 Å². The average Bonchev–Trinajstić information content (AvgIpc) is 3.21. The first-order chi connectivity index (χ1) is 18.3. The molecule has 15 heteroatoms. The number of pyridine rings is 2. The number of nitrogens with zero attached hydrogens (tertiary/aromatic N) is 6. The maximum Gasteiger partial charge on any atom is 0.451 e. The van der Waals surface area contributed by atoms with E-state index in [0.717, 1.165) is 28.8 Å². The van der Waals surface area contributed by atoms with E-state index in [1.54, 1.807) is 0 Å². The van der Waals surface area contributed by atoms with Crippen LogP contribution in [0, 0.1) is 17.1 Å². The summed E-state index contributed by atoms with van der Waals surface area (Å²) in [6, 6.07) is 2.57. The Morgan fingerprint density at radius 3 is 2.41 bits per heavy atom. The molecule has 3 aromatic heterocycles. The molecule has 3 aromatic rings. The van der Waals surface area contributed by atoms with Crippen LogP contribution in [0.5, 0.6) is 0 Å². The molecule has 204 valence electrons. The van der Waals surface area contributed by atoms with Crippen LogP contribution in [0.25, 0.3) is 11.3 Å². The fourth-order valence-electron chi connectivity index (χ4n) is 4.23. The zero-order valence-electron chi connectivity index (χ0n) is 20.1. The molecule has 0 unspecified atom stereocenters. The van der Waals surface area contributed by atoms with Crippen LogP contribution in [0.2, 0.25) is 0 Å². The first kappa shape index (κ1) is 28.1. The van der Waals surface area contributed by atoms with E-state index < -0.39 is 63.3 Å². The van der Waals surface area contributed by atoms with Crippen LogP contribution >= 0.6 is 0 Å². The summed E-state index contributed by atoms with van der Waals surface area (Å²) in [5, 5.41) is 8.92. The van der Waals surface area contributed by atoms with Crippen molar-refractivity contribution < 1.29 is 35.2 Å². The van der Waals surface area contributed by atoms with Crippen molar-refractivity contribution in [3.05, 3.63) is 65.8 Å². The molecule has 39 heavy (non-hydrogen) atoms. The lowest BCUT2D eigenvalue weighted by Gasteiger charge is -2.26. The van der Waals surface area contributed by atoms with Gasteiger partial charge < -0.3 is 0 Å². The van der Waals surface area contributed by atoms with Crippen LogP contribution in [0.15, 0.2) is 48.0 Å². The number of aryl methyl sites for hydroxylation is 1. The molecule has 1 aliphatic rings. The van der Waals surface area contributed by atoms with Crippen molar-refractivity contribution in [1.82, 2.24) is 24.2 Å². The SMILES string of the molecule is C[C@H]1[C@H](F)C[C@@H](C(=O)CCc2cc(-c3cnc(C(F)(F)F)nc3)ncc2C#N)N1S(=O)(=O)c1ccc(F)cn1. The van der Waals surface area contributed by atoms with Crippen molar-refractivity contribution >= 4 is 15.8 Å². The number of hydrogen-bond donors (Lipinski definition) is 0. The summed E-state index contributed by atoms with van der Waals surface area (Å²) >= 11 is 0. The predicted octanol–water partition coefficient (Wildman–Crippen LogP) is 3.65. The molecular weight excluding hydrogens is 547 g/mol. The summed E-state index contributed by atoms with van der Waals surface area (Å²) < 4.78 is 93.2. The van der Waals surface area contributed by atoms with Crippen LogP contribution in [-0.2, 0) is 27.4 Å². The van der Waals surface area contributed by atoms with Crippen molar-refractivity contribution in [2.45, 2.75) is 55.6 Å². The number of rotatable bonds is 7. The van der Waals surface area contributed by atoms with E-state index in [2.05, 4.69) is 19.9 Å². The molecule has 0 bridgehead atoms. The second-order valence-corrected chi connectivity index (χ2v) is 10.5. The molecule has 1 aliphatic heterocycles. The van der Waals surface area contributed by atoms with E-state index >= 15 is 0 Å². The standard InChI is InChI=1S/C24H19F5N6O3S/c1-13-18(26)7-20(35(13)39(37,38)22-5-3-17(25)12-32-22)21(36)4-2-14-6-19(31-9-15(14)8-30)16-10-33-23(34-11-16)24(27,28)29/h3,5-6,9-13,18,20H,2,4,7H2,1H3/t13-,18+,20-/m0/s1. The van der Waals surface area contributed by atoms with E-state index in [4.69, 9.17) is 0 Å². The largest absolute Gasteiger partial charge is 0.451 e. The van der Waals surface area contributed by atoms with Crippen molar-refractivity contribution in [3.63, 3.8) is 0 Å². The maximum absolute atomic E-state index is 14.6. The second-order valence-electron chi connectivity index (χ2n) is 8.76. The maximum atomic E-state index is 14.6. The van der Waals surface area contributed by atoms with Gasteiger partial charge in [0.05, 0.1) is 29.5 Å². The van der Waals surface area contributed by atoms with E-state index in [1.165, 1.54) is 19.2 Å². The molecule has 9 nitrogen and oxygen atoms in total. The first-order valence-electron chi connectivity index (χ1n) is 11.4. The van der Waals surface area contributed by atoms with Crippen LogP contribution in [0.4, 0.5) is 22.0 Å². The number of Topliss-reactive ketones (excluding diaryl/α,β-unsaturated/α-hetero) is 1. The Morgan fingerprint density at radius 1 is 1.13 bits per heavy atom. The molecule has 4 heterocycles. The summed E-state index contributed by atoms with van der Waals surface area (Å²) in [5.41, 5.74) is 0.680. The third-order valence-corrected chi connectivity index (χ3v) is 8.16. The van der Waals surface area contributed by atoms with Gasteiger partial charge in [0.25, 0.3) is 10.0 Å². The third-order valence-electron chi connectivity index (χ3n) is 6.25.